The third kappa shape index (κ3) is 3.10. The number of nitrogens with one attached hydrogen (secondary N) is 1. The van der Waals surface area contributed by atoms with E-state index in [1.54, 1.807) is 12.1 Å². The number of primary sulfonamides is 1. The molecule has 0 atom stereocenters. The van der Waals surface area contributed by atoms with Gasteiger partial charge >= 0.3 is 0 Å². The predicted octanol–water partition coefficient (Wildman–Crippen LogP) is -0.425. The topological polar surface area (TPSA) is 111 Å². The number of hydrogen-bond acceptors (Lipinski definition) is 6. The number of sulfonamides is 1. The van der Waals surface area contributed by atoms with E-state index >= 15 is 0 Å². The van der Waals surface area contributed by atoms with Crippen molar-refractivity contribution in [2.45, 2.75) is 4.90 Å². The summed E-state index contributed by atoms with van der Waals surface area (Å²) in [5.41, 5.74) is 9.38. The zero-order valence-corrected chi connectivity index (χ0v) is 10.6. The van der Waals surface area contributed by atoms with Crippen LogP contribution >= 0.6 is 0 Å². The third-order valence-corrected chi connectivity index (χ3v) is 3.55. The minimum Gasteiger partial charge on any atom is -0.399 e. The second kappa shape index (κ2) is 5.11. The van der Waals surface area contributed by atoms with E-state index in [0.717, 1.165) is 0 Å². The average Bonchev–Trinajstić information content (AvgIpc) is 2.31. The Bertz CT molecular complexity index is 526. The second-order valence-electron chi connectivity index (χ2n) is 4.01. The van der Waals surface area contributed by atoms with Gasteiger partial charge in [0.25, 0.3) is 0 Å². The lowest BCUT2D eigenvalue weighted by Gasteiger charge is -2.28. The van der Waals surface area contributed by atoms with Crippen molar-refractivity contribution >= 4 is 21.4 Å². The summed E-state index contributed by atoms with van der Waals surface area (Å²) < 4.78 is 28.2. The van der Waals surface area contributed by atoms with Crippen molar-refractivity contribution in [1.29, 1.82) is 0 Å². The molecule has 1 heterocycles. The molecule has 1 aliphatic rings. The number of nitrogens with zero attached hydrogens (tertiary/aromatic N) is 1. The van der Waals surface area contributed by atoms with Gasteiger partial charge in [0, 0.05) is 18.8 Å². The van der Waals surface area contributed by atoms with Gasteiger partial charge in [0.05, 0.1) is 18.9 Å². The first-order valence-corrected chi connectivity index (χ1v) is 7.03. The van der Waals surface area contributed by atoms with Crippen LogP contribution in [-0.2, 0) is 14.8 Å². The lowest BCUT2D eigenvalue weighted by molar-refractivity contribution is 0.0495. The first-order chi connectivity index (χ1) is 8.47. The van der Waals surface area contributed by atoms with Gasteiger partial charge in [-0.25, -0.2) is 18.6 Å². The molecule has 0 saturated carbocycles. The highest BCUT2D eigenvalue weighted by Gasteiger charge is 2.17. The lowest BCUT2D eigenvalue weighted by Crippen LogP contribution is -2.40. The zero-order valence-electron chi connectivity index (χ0n) is 9.80. The third-order valence-electron chi connectivity index (χ3n) is 2.60. The molecule has 0 amide bonds. The number of nitrogens with two attached hydrogens (primary N) is 2. The normalized spacial score (nSPS) is 17.6. The number of ether oxygens (including phenoxy) is 1. The van der Waals surface area contributed by atoms with Crippen molar-refractivity contribution in [3.8, 4) is 0 Å². The van der Waals surface area contributed by atoms with Crippen molar-refractivity contribution in [3.05, 3.63) is 18.2 Å². The lowest BCUT2D eigenvalue weighted by atomic mass is 10.3. The summed E-state index contributed by atoms with van der Waals surface area (Å²) >= 11 is 0. The summed E-state index contributed by atoms with van der Waals surface area (Å²) in [4.78, 5) is -0.00556. The first kappa shape index (κ1) is 13.1. The van der Waals surface area contributed by atoms with E-state index in [1.165, 1.54) is 6.07 Å². The summed E-state index contributed by atoms with van der Waals surface area (Å²) in [6.07, 6.45) is 0. The van der Waals surface area contributed by atoms with Crippen molar-refractivity contribution in [2.75, 3.05) is 37.5 Å². The maximum atomic E-state index is 11.5. The Balaban J connectivity index is 2.26. The fourth-order valence-corrected chi connectivity index (χ4v) is 2.43. The molecule has 0 aromatic heterocycles. The molecule has 5 N–H and O–H groups in total. The maximum Gasteiger partial charge on any atom is 0.240 e. The van der Waals surface area contributed by atoms with E-state index in [0.29, 0.717) is 37.7 Å². The first-order valence-electron chi connectivity index (χ1n) is 5.48. The number of benzene rings is 1. The number of anilines is 2. The number of morpholine rings is 1. The molecule has 0 aliphatic carbocycles. The van der Waals surface area contributed by atoms with E-state index in [-0.39, 0.29) is 4.90 Å². The molecule has 1 aromatic carbocycles. The van der Waals surface area contributed by atoms with Gasteiger partial charge in [0.15, 0.2) is 0 Å². The smallest absolute Gasteiger partial charge is 0.240 e. The van der Waals surface area contributed by atoms with E-state index in [2.05, 4.69) is 5.43 Å². The standard InChI is InChI=1S/C10H16N4O3S/c11-8-1-2-9(10(7-8)18(12,15)16)13-14-3-5-17-6-4-14/h1-2,7,13H,3-6,11H2,(H2,12,15,16). The maximum absolute atomic E-state index is 11.5. The Labute approximate surface area is 106 Å². The van der Waals surface area contributed by atoms with Crippen LogP contribution in [0.1, 0.15) is 0 Å². The summed E-state index contributed by atoms with van der Waals surface area (Å²) in [5.74, 6) is 0. The fraction of sp³-hybridized carbons (Fsp3) is 0.400. The van der Waals surface area contributed by atoms with E-state index in [4.69, 9.17) is 15.6 Å². The van der Waals surface area contributed by atoms with Crippen LogP contribution in [-0.4, -0.2) is 39.7 Å². The Morgan fingerprint density at radius 3 is 2.56 bits per heavy atom. The molecule has 1 fully saturated rings. The van der Waals surface area contributed by atoms with E-state index in [9.17, 15) is 8.42 Å². The second-order valence-corrected chi connectivity index (χ2v) is 5.54. The minimum absolute atomic E-state index is 0.00556. The van der Waals surface area contributed by atoms with Gasteiger partial charge in [-0.05, 0) is 18.2 Å². The van der Waals surface area contributed by atoms with Gasteiger partial charge in [0.2, 0.25) is 10.0 Å². The quantitative estimate of drug-likeness (QED) is 0.644. The highest BCUT2D eigenvalue weighted by atomic mass is 32.2. The van der Waals surface area contributed by atoms with E-state index < -0.39 is 10.0 Å². The van der Waals surface area contributed by atoms with Gasteiger partial charge in [-0.2, -0.15) is 0 Å². The predicted molar refractivity (Wildman–Crippen MR) is 68.2 cm³/mol. The number of hydrazine groups is 1. The van der Waals surface area contributed by atoms with Crippen molar-refractivity contribution in [2.24, 2.45) is 5.14 Å². The number of rotatable bonds is 3. The monoisotopic (exact) mass is 272 g/mol. The summed E-state index contributed by atoms with van der Waals surface area (Å²) in [6, 6.07) is 4.57. The molecule has 0 bridgehead atoms. The van der Waals surface area contributed by atoms with Crippen molar-refractivity contribution < 1.29 is 13.2 Å². The summed E-state index contributed by atoms with van der Waals surface area (Å²) in [5, 5.41) is 7.04. The summed E-state index contributed by atoms with van der Waals surface area (Å²) in [6.45, 7) is 2.56. The van der Waals surface area contributed by atoms with Crippen LogP contribution in [0.3, 0.4) is 0 Å². The van der Waals surface area contributed by atoms with Crippen LogP contribution in [0, 0.1) is 0 Å². The van der Waals surface area contributed by atoms with Crippen LogP contribution in [0.5, 0.6) is 0 Å². The molecule has 0 spiro atoms. The highest BCUT2D eigenvalue weighted by Crippen LogP contribution is 2.23. The largest absolute Gasteiger partial charge is 0.399 e. The fourth-order valence-electron chi connectivity index (χ4n) is 1.71. The number of hydrogen-bond donors (Lipinski definition) is 3. The molecule has 1 aromatic rings. The molecule has 0 unspecified atom stereocenters. The zero-order chi connectivity index (χ0) is 13.2. The molecule has 8 heteroatoms. The molecule has 1 saturated heterocycles. The van der Waals surface area contributed by atoms with Crippen LogP contribution in [0.15, 0.2) is 23.1 Å². The molecule has 2 rings (SSSR count). The summed E-state index contributed by atoms with van der Waals surface area (Å²) in [7, 11) is -3.81. The van der Waals surface area contributed by atoms with Gasteiger partial charge in [-0.15, -0.1) is 0 Å². The highest BCUT2D eigenvalue weighted by molar-refractivity contribution is 7.89. The van der Waals surface area contributed by atoms with Crippen LogP contribution in [0.2, 0.25) is 0 Å². The van der Waals surface area contributed by atoms with Gasteiger partial charge in [-0.1, -0.05) is 0 Å². The molecule has 0 radical (unpaired) electrons. The molecule has 18 heavy (non-hydrogen) atoms. The van der Waals surface area contributed by atoms with Gasteiger partial charge < -0.3 is 15.9 Å². The van der Waals surface area contributed by atoms with Crippen LogP contribution < -0.4 is 16.3 Å². The molecule has 1 aliphatic heterocycles. The van der Waals surface area contributed by atoms with E-state index in [1.807, 2.05) is 5.01 Å². The SMILES string of the molecule is Nc1ccc(NN2CCOCC2)c(S(N)(=O)=O)c1. The van der Waals surface area contributed by atoms with Crippen molar-refractivity contribution in [1.82, 2.24) is 5.01 Å². The molecule has 7 nitrogen and oxygen atoms in total. The van der Waals surface area contributed by atoms with Gasteiger partial charge in [-0.3, -0.25) is 0 Å². The van der Waals surface area contributed by atoms with Crippen LogP contribution in [0.25, 0.3) is 0 Å². The van der Waals surface area contributed by atoms with Gasteiger partial charge in [0.1, 0.15) is 4.90 Å². The Morgan fingerprint density at radius 1 is 1.28 bits per heavy atom. The Hall–Kier alpha value is -1.35. The average molecular weight is 272 g/mol. The van der Waals surface area contributed by atoms with Crippen LogP contribution in [0.4, 0.5) is 11.4 Å². The number of nitrogen functional groups attached to an aromatic ring is 1. The Morgan fingerprint density at radius 2 is 1.94 bits per heavy atom. The minimum atomic E-state index is -3.81. The molecular formula is C10H16N4O3S. The molecule has 100 valence electrons. The van der Waals surface area contributed by atoms with Crippen molar-refractivity contribution in [3.63, 3.8) is 0 Å². The molecular weight excluding hydrogens is 256 g/mol. The Kier molecular flexibility index (Phi) is 3.71.